The van der Waals surface area contributed by atoms with Crippen molar-refractivity contribution in [3.63, 3.8) is 0 Å². The second-order valence-electron chi connectivity index (χ2n) is 2.32. The van der Waals surface area contributed by atoms with Gasteiger partial charge in [0.1, 0.15) is 17.5 Å². The number of methoxy groups -OCH3 is 1. The zero-order valence-corrected chi connectivity index (χ0v) is 8.68. The fourth-order valence-corrected chi connectivity index (χ4v) is 1.27. The van der Waals surface area contributed by atoms with E-state index in [1.807, 2.05) is 0 Å². The minimum Gasteiger partial charge on any atom is -0.495 e. The fraction of sp³-hybridized carbons (Fsp3) is 0.250. The predicted molar refractivity (Wildman–Crippen MR) is 48.2 cm³/mol. The molecule has 0 unspecified atom stereocenters. The van der Waals surface area contributed by atoms with Crippen molar-refractivity contribution in [2.24, 2.45) is 0 Å². The normalized spacial score (nSPS) is 10.0. The average molecular weight is 263 g/mol. The van der Waals surface area contributed by atoms with Crippen molar-refractivity contribution < 1.29 is 13.5 Å². The largest absolute Gasteiger partial charge is 0.495 e. The lowest BCUT2D eigenvalue weighted by atomic mass is 10.3. The van der Waals surface area contributed by atoms with Crippen molar-refractivity contribution >= 4 is 15.9 Å². The van der Waals surface area contributed by atoms with Gasteiger partial charge in [-0.15, -0.1) is 0 Å². The molecule has 1 heterocycles. The topological polar surface area (TPSA) is 45.9 Å². The van der Waals surface area contributed by atoms with Crippen molar-refractivity contribution in [3.05, 3.63) is 21.9 Å². The van der Waals surface area contributed by atoms with E-state index in [9.17, 15) is 8.78 Å². The number of nitriles is 1. The smallest absolute Gasteiger partial charge is 0.284 e. The number of alkyl halides is 2. The molecule has 1 aromatic rings. The molecule has 1 rings (SSSR count). The van der Waals surface area contributed by atoms with Crippen LogP contribution in [-0.2, 0) is 0 Å². The number of aromatic nitrogens is 1. The zero-order chi connectivity index (χ0) is 10.7. The molecule has 0 bridgehead atoms. The molecule has 0 saturated heterocycles. The summed E-state index contributed by atoms with van der Waals surface area (Å²) in [6.07, 6.45) is -2.76. The fourth-order valence-electron chi connectivity index (χ4n) is 0.885. The van der Waals surface area contributed by atoms with E-state index in [1.54, 1.807) is 6.07 Å². The third-order valence-electron chi connectivity index (χ3n) is 1.50. The Bertz CT molecular complexity index is 390. The van der Waals surface area contributed by atoms with Crippen molar-refractivity contribution in [3.8, 4) is 11.8 Å². The maximum atomic E-state index is 12.4. The third-order valence-corrected chi connectivity index (χ3v) is 2.11. The molecule has 0 N–H and O–H groups in total. The number of hydrogen-bond donors (Lipinski definition) is 0. The van der Waals surface area contributed by atoms with Crippen LogP contribution in [0.1, 0.15) is 17.8 Å². The van der Waals surface area contributed by atoms with Crippen LogP contribution in [-0.4, -0.2) is 12.1 Å². The van der Waals surface area contributed by atoms with Gasteiger partial charge < -0.3 is 4.74 Å². The van der Waals surface area contributed by atoms with Gasteiger partial charge in [-0.1, -0.05) is 0 Å². The molecule has 74 valence electrons. The molecule has 0 radical (unpaired) electrons. The maximum absolute atomic E-state index is 12.4. The third kappa shape index (κ3) is 1.99. The van der Waals surface area contributed by atoms with E-state index < -0.39 is 12.1 Å². The van der Waals surface area contributed by atoms with Gasteiger partial charge in [0, 0.05) is 0 Å². The van der Waals surface area contributed by atoms with E-state index in [2.05, 4.69) is 20.9 Å². The summed E-state index contributed by atoms with van der Waals surface area (Å²) in [5.41, 5.74) is -0.603. The standard InChI is InChI=1S/C8H5BrF2N2O/c1-14-6-2-4(9)5(3-12)13-7(6)8(10)11/h2,8H,1H3. The zero-order valence-electron chi connectivity index (χ0n) is 7.09. The Kier molecular flexibility index (Phi) is 3.36. The SMILES string of the molecule is COc1cc(Br)c(C#N)nc1C(F)F. The van der Waals surface area contributed by atoms with Gasteiger partial charge in [-0.3, -0.25) is 0 Å². The summed E-state index contributed by atoms with van der Waals surface area (Å²) in [6, 6.07) is 2.99. The van der Waals surface area contributed by atoms with E-state index in [-0.39, 0.29) is 11.4 Å². The number of rotatable bonds is 2. The van der Waals surface area contributed by atoms with Crippen LogP contribution in [0.2, 0.25) is 0 Å². The molecular formula is C8H5BrF2N2O. The maximum Gasteiger partial charge on any atom is 0.284 e. The minimum atomic E-state index is -2.76. The van der Waals surface area contributed by atoms with Crippen LogP contribution in [0.25, 0.3) is 0 Å². The van der Waals surface area contributed by atoms with Gasteiger partial charge in [-0.2, -0.15) is 5.26 Å². The minimum absolute atomic E-state index is 0.0362. The summed E-state index contributed by atoms with van der Waals surface area (Å²) in [4.78, 5) is 3.48. The van der Waals surface area contributed by atoms with Crippen LogP contribution in [0.5, 0.6) is 5.75 Å². The Hall–Kier alpha value is -1.22. The van der Waals surface area contributed by atoms with Gasteiger partial charge in [-0.05, 0) is 22.0 Å². The first kappa shape index (κ1) is 10.9. The molecule has 0 amide bonds. The van der Waals surface area contributed by atoms with Crippen molar-refractivity contribution in [1.82, 2.24) is 4.98 Å². The summed E-state index contributed by atoms with van der Waals surface area (Å²) in [7, 11) is 1.27. The average Bonchev–Trinajstić information content (AvgIpc) is 2.16. The Balaban J connectivity index is 3.34. The Morgan fingerprint density at radius 2 is 2.29 bits per heavy atom. The number of nitrogens with zero attached hydrogens (tertiary/aromatic N) is 2. The molecule has 6 heteroatoms. The highest BCUT2D eigenvalue weighted by Gasteiger charge is 2.18. The summed E-state index contributed by atoms with van der Waals surface area (Å²) in [5.74, 6) is -0.0362. The quantitative estimate of drug-likeness (QED) is 0.823. The summed E-state index contributed by atoms with van der Waals surface area (Å²) >= 11 is 3.02. The molecule has 0 aliphatic heterocycles. The van der Waals surface area contributed by atoms with E-state index in [4.69, 9.17) is 10.00 Å². The highest BCUT2D eigenvalue weighted by Crippen LogP contribution is 2.30. The first-order valence-corrected chi connectivity index (χ1v) is 4.32. The van der Waals surface area contributed by atoms with E-state index in [0.717, 1.165) is 0 Å². The lowest BCUT2D eigenvalue weighted by Gasteiger charge is -2.07. The molecule has 0 aliphatic carbocycles. The monoisotopic (exact) mass is 262 g/mol. The first-order valence-electron chi connectivity index (χ1n) is 3.52. The van der Waals surface area contributed by atoms with Crippen LogP contribution in [0.15, 0.2) is 10.5 Å². The second-order valence-corrected chi connectivity index (χ2v) is 3.17. The molecule has 0 aliphatic rings. The molecule has 1 aromatic heterocycles. The summed E-state index contributed by atoms with van der Waals surface area (Å²) < 4.78 is 29.8. The van der Waals surface area contributed by atoms with Gasteiger partial charge in [0.25, 0.3) is 6.43 Å². The van der Waals surface area contributed by atoms with E-state index >= 15 is 0 Å². The van der Waals surface area contributed by atoms with Gasteiger partial charge in [-0.25, -0.2) is 13.8 Å². The summed E-state index contributed by atoms with van der Waals surface area (Å²) in [6.45, 7) is 0. The van der Waals surface area contributed by atoms with Crippen LogP contribution >= 0.6 is 15.9 Å². The number of hydrogen-bond acceptors (Lipinski definition) is 3. The van der Waals surface area contributed by atoms with E-state index in [1.165, 1.54) is 13.2 Å². The second kappa shape index (κ2) is 4.33. The number of pyridine rings is 1. The lowest BCUT2D eigenvalue weighted by Crippen LogP contribution is -1.99. The molecule has 3 nitrogen and oxygen atoms in total. The highest BCUT2D eigenvalue weighted by molar-refractivity contribution is 9.10. The van der Waals surface area contributed by atoms with Crippen LogP contribution in [0.4, 0.5) is 8.78 Å². The Morgan fingerprint density at radius 3 is 2.71 bits per heavy atom. The summed E-state index contributed by atoms with van der Waals surface area (Å²) in [5, 5.41) is 8.56. The van der Waals surface area contributed by atoms with Crippen molar-refractivity contribution in [2.75, 3.05) is 7.11 Å². The van der Waals surface area contributed by atoms with Crippen molar-refractivity contribution in [1.29, 1.82) is 5.26 Å². The van der Waals surface area contributed by atoms with Gasteiger partial charge >= 0.3 is 0 Å². The predicted octanol–water partition coefficient (Wildman–Crippen LogP) is 2.66. The lowest BCUT2D eigenvalue weighted by molar-refractivity contribution is 0.141. The van der Waals surface area contributed by atoms with Crippen LogP contribution < -0.4 is 4.74 Å². The van der Waals surface area contributed by atoms with E-state index in [0.29, 0.717) is 4.47 Å². The number of halogens is 3. The van der Waals surface area contributed by atoms with Gasteiger partial charge in [0.05, 0.1) is 11.6 Å². The molecule has 0 spiro atoms. The Labute approximate surface area is 87.5 Å². The van der Waals surface area contributed by atoms with Gasteiger partial charge in [0.15, 0.2) is 5.69 Å². The molecule has 0 saturated carbocycles. The molecule has 14 heavy (non-hydrogen) atoms. The first-order chi connectivity index (χ1) is 6.60. The Morgan fingerprint density at radius 1 is 1.64 bits per heavy atom. The van der Waals surface area contributed by atoms with Crippen LogP contribution in [0.3, 0.4) is 0 Å². The highest BCUT2D eigenvalue weighted by atomic mass is 79.9. The molecule has 0 aromatic carbocycles. The van der Waals surface area contributed by atoms with Gasteiger partial charge in [0.2, 0.25) is 0 Å². The molecule has 0 fully saturated rings. The van der Waals surface area contributed by atoms with Crippen molar-refractivity contribution in [2.45, 2.75) is 6.43 Å². The number of ether oxygens (including phenoxy) is 1. The molecule has 0 atom stereocenters. The molecular weight excluding hydrogens is 258 g/mol. The van der Waals surface area contributed by atoms with Crippen LogP contribution in [0, 0.1) is 11.3 Å².